The number of pyridine rings is 1. The number of hydrogen-bond acceptors (Lipinski definition) is 4. The molecule has 0 saturated carbocycles. The van der Waals surface area contributed by atoms with Crippen molar-refractivity contribution in [2.24, 2.45) is 0 Å². The fraction of sp³-hybridized carbons (Fsp3) is 0.235. The van der Waals surface area contributed by atoms with Gasteiger partial charge in [0.2, 0.25) is 0 Å². The van der Waals surface area contributed by atoms with E-state index in [4.69, 9.17) is 16.3 Å². The van der Waals surface area contributed by atoms with E-state index in [-0.39, 0.29) is 23.5 Å². The molecule has 0 spiro atoms. The maximum Gasteiger partial charge on any atom is 0.258 e. The van der Waals surface area contributed by atoms with Crippen LogP contribution in [0.15, 0.2) is 48.7 Å². The summed E-state index contributed by atoms with van der Waals surface area (Å²) in [5, 5.41) is 2.87. The number of ketones is 1. The number of hydrogen-bond donors (Lipinski definition) is 1. The number of benzene rings is 1. The van der Waals surface area contributed by atoms with Gasteiger partial charge in [-0.15, -0.1) is 0 Å². The zero-order valence-corrected chi connectivity index (χ0v) is 13.4. The van der Waals surface area contributed by atoms with E-state index < -0.39 is 6.04 Å². The summed E-state index contributed by atoms with van der Waals surface area (Å²) in [6, 6.07) is 12.2. The smallest absolute Gasteiger partial charge is 0.258 e. The summed E-state index contributed by atoms with van der Waals surface area (Å²) in [4.78, 5) is 27.6. The molecule has 1 unspecified atom stereocenters. The van der Waals surface area contributed by atoms with Gasteiger partial charge < -0.3 is 10.1 Å². The van der Waals surface area contributed by atoms with Crippen LogP contribution in [-0.4, -0.2) is 29.3 Å². The number of rotatable bonds is 7. The van der Waals surface area contributed by atoms with Crippen molar-refractivity contribution in [1.82, 2.24) is 10.3 Å². The number of Topliss-reactive ketones (excluding diaryl/α,β-unsaturated/α-hetero) is 1. The Hall–Kier alpha value is -2.40. The SMILES string of the molecule is CC(=O)C(Cc1ccccc1)NC(=O)COc1cccnc1Cl. The highest BCUT2D eigenvalue weighted by molar-refractivity contribution is 6.30. The zero-order chi connectivity index (χ0) is 16.7. The van der Waals surface area contributed by atoms with Crippen molar-refractivity contribution in [3.05, 3.63) is 59.4 Å². The average molecular weight is 333 g/mol. The fourth-order valence-corrected chi connectivity index (χ4v) is 2.18. The Balaban J connectivity index is 1.91. The first-order chi connectivity index (χ1) is 11.1. The van der Waals surface area contributed by atoms with Gasteiger partial charge in [-0.05, 0) is 31.0 Å². The van der Waals surface area contributed by atoms with E-state index in [2.05, 4.69) is 10.3 Å². The lowest BCUT2D eigenvalue weighted by Crippen LogP contribution is -2.43. The van der Waals surface area contributed by atoms with Crippen molar-refractivity contribution in [2.75, 3.05) is 6.61 Å². The number of aromatic nitrogens is 1. The van der Waals surface area contributed by atoms with Gasteiger partial charge in [-0.2, -0.15) is 0 Å². The molecule has 1 N–H and O–H groups in total. The van der Waals surface area contributed by atoms with Crippen LogP contribution in [0.2, 0.25) is 5.15 Å². The molecule has 1 aromatic carbocycles. The number of nitrogens with zero attached hydrogens (tertiary/aromatic N) is 1. The van der Waals surface area contributed by atoms with Gasteiger partial charge in [0.1, 0.15) is 0 Å². The molecular formula is C17H17ClN2O3. The topological polar surface area (TPSA) is 68.3 Å². The Morgan fingerprint density at radius 1 is 1.22 bits per heavy atom. The number of amides is 1. The first-order valence-electron chi connectivity index (χ1n) is 7.13. The van der Waals surface area contributed by atoms with Crippen molar-refractivity contribution in [2.45, 2.75) is 19.4 Å². The molecule has 0 aliphatic heterocycles. The highest BCUT2D eigenvalue weighted by atomic mass is 35.5. The maximum atomic E-state index is 12.0. The van der Waals surface area contributed by atoms with Gasteiger partial charge in [0.25, 0.3) is 5.91 Å². The van der Waals surface area contributed by atoms with Crippen molar-refractivity contribution < 1.29 is 14.3 Å². The van der Waals surface area contributed by atoms with Crippen LogP contribution in [0.25, 0.3) is 0 Å². The molecule has 120 valence electrons. The molecule has 23 heavy (non-hydrogen) atoms. The van der Waals surface area contributed by atoms with Gasteiger partial charge in [-0.25, -0.2) is 4.98 Å². The lowest BCUT2D eigenvalue weighted by atomic mass is 10.0. The lowest BCUT2D eigenvalue weighted by Gasteiger charge is -2.16. The Morgan fingerprint density at radius 2 is 1.96 bits per heavy atom. The van der Waals surface area contributed by atoms with E-state index in [1.54, 1.807) is 12.1 Å². The van der Waals surface area contributed by atoms with Crippen LogP contribution < -0.4 is 10.1 Å². The minimum Gasteiger partial charge on any atom is -0.481 e. The summed E-state index contributed by atoms with van der Waals surface area (Å²) in [7, 11) is 0. The molecule has 1 amide bonds. The Labute approximate surface area is 139 Å². The van der Waals surface area contributed by atoms with Crippen LogP contribution in [0, 0.1) is 0 Å². The number of halogens is 1. The Bertz CT molecular complexity index is 677. The Morgan fingerprint density at radius 3 is 2.61 bits per heavy atom. The molecule has 0 fully saturated rings. The zero-order valence-electron chi connectivity index (χ0n) is 12.7. The highest BCUT2D eigenvalue weighted by Crippen LogP contribution is 2.19. The monoisotopic (exact) mass is 332 g/mol. The predicted molar refractivity (Wildman–Crippen MR) is 87.5 cm³/mol. The van der Waals surface area contributed by atoms with E-state index in [1.807, 2.05) is 30.3 Å². The third-order valence-electron chi connectivity index (χ3n) is 3.19. The molecule has 6 heteroatoms. The second-order valence-corrected chi connectivity index (χ2v) is 5.36. The van der Waals surface area contributed by atoms with Crippen LogP contribution >= 0.6 is 11.6 Å². The molecule has 1 heterocycles. The van der Waals surface area contributed by atoms with Gasteiger partial charge >= 0.3 is 0 Å². The summed E-state index contributed by atoms with van der Waals surface area (Å²) in [6.45, 7) is 1.22. The molecule has 2 rings (SSSR count). The summed E-state index contributed by atoms with van der Waals surface area (Å²) in [6.07, 6.45) is 1.97. The van der Waals surface area contributed by atoms with Gasteiger partial charge in [-0.1, -0.05) is 41.9 Å². The number of ether oxygens (including phenoxy) is 1. The fourth-order valence-electron chi connectivity index (χ4n) is 2.00. The van der Waals surface area contributed by atoms with E-state index in [1.165, 1.54) is 13.1 Å². The minimum atomic E-state index is -0.585. The molecule has 1 atom stereocenters. The van der Waals surface area contributed by atoms with E-state index >= 15 is 0 Å². The molecule has 2 aromatic rings. The van der Waals surface area contributed by atoms with Gasteiger partial charge in [-0.3, -0.25) is 9.59 Å². The van der Waals surface area contributed by atoms with Gasteiger partial charge in [0.05, 0.1) is 6.04 Å². The molecule has 0 saturated heterocycles. The average Bonchev–Trinajstić information content (AvgIpc) is 2.54. The third-order valence-corrected chi connectivity index (χ3v) is 3.48. The molecule has 0 aliphatic carbocycles. The van der Waals surface area contributed by atoms with E-state index in [0.717, 1.165) is 5.56 Å². The van der Waals surface area contributed by atoms with Crippen LogP contribution in [0.4, 0.5) is 0 Å². The number of carbonyl (C=O) groups excluding carboxylic acids is 2. The molecule has 0 bridgehead atoms. The van der Waals surface area contributed by atoms with E-state index in [0.29, 0.717) is 12.2 Å². The third kappa shape index (κ3) is 5.38. The summed E-state index contributed by atoms with van der Waals surface area (Å²) < 4.78 is 5.31. The van der Waals surface area contributed by atoms with Crippen molar-refractivity contribution in [3.8, 4) is 5.75 Å². The number of nitrogens with one attached hydrogen (secondary N) is 1. The maximum absolute atomic E-state index is 12.0. The minimum absolute atomic E-state index is 0.110. The molecule has 0 aliphatic rings. The predicted octanol–water partition coefficient (Wildman–Crippen LogP) is 2.43. The standard InChI is InChI=1S/C17H17ClN2O3/c1-12(21)14(10-13-6-3-2-4-7-13)20-16(22)11-23-15-8-5-9-19-17(15)18/h2-9,14H,10-11H2,1H3,(H,20,22). The summed E-state index contributed by atoms with van der Waals surface area (Å²) in [5.74, 6) is -0.172. The molecule has 5 nitrogen and oxygen atoms in total. The largest absolute Gasteiger partial charge is 0.481 e. The summed E-state index contributed by atoms with van der Waals surface area (Å²) >= 11 is 5.85. The van der Waals surface area contributed by atoms with Gasteiger partial charge in [0, 0.05) is 6.20 Å². The van der Waals surface area contributed by atoms with Gasteiger partial charge in [0.15, 0.2) is 23.3 Å². The van der Waals surface area contributed by atoms with Crippen LogP contribution in [0.3, 0.4) is 0 Å². The second kappa shape index (κ2) is 8.29. The quantitative estimate of drug-likeness (QED) is 0.791. The Kier molecular flexibility index (Phi) is 6.11. The molecule has 0 radical (unpaired) electrons. The van der Waals surface area contributed by atoms with E-state index in [9.17, 15) is 9.59 Å². The lowest BCUT2D eigenvalue weighted by molar-refractivity contribution is -0.128. The first-order valence-corrected chi connectivity index (χ1v) is 7.51. The highest BCUT2D eigenvalue weighted by Gasteiger charge is 2.18. The normalized spacial score (nSPS) is 11.6. The van der Waals surface area contributed by atoms with Crippen molar-refractivity contribution in [3.63, 3.8) is 0 Å². The van der Waals surface area contributed by atoms with Crippen LogP contribution in [0.1, 0.15) is 12.5 Å². The van der Waals surface area contributed by atoms with Crippen molar-refractivity contribution in [1.29, 1.82) is 0 Å². The number of carbonyl (C=O) groups is 2. The summed E-state index contributed by atoms with van der Waals surface area (Å²) in [5.41, 5.74) is 0.976. The van der Waals surface area contributed by atoms with Crippen LogP contribution in [0.5, 0.6) is 5.75 Å². The first kappa shape index (κ1) is 17.0. The second-order valence-electron chi connectivity index (χ2n) is 5.00. The molecule has 1 aromatic heterocycles. The van der Waals surface area contributed by atoms with Crippen LogP contribution in [-0.2, 0) is 16.0 Å². The molecular weight excluding hydrogens is 316 g/mol. The van der Waals surface area contributed by atoms with Crippen molar-refractivity contribution >= 4 is 23.3 Å².